The molecule has 0 fully saturated rings. The number of ether oxygens (including phenoxy) is 2. The minimum absolute atomic E-state index is 0.0710. The molecule has 0 aliphatic carbocycles. The molecular formula is C26H27F6NO5S. The van der Waals surface area contributed by atoms with Crippen molar-refractivity contribution in [3.05, 3.63) is 71.5 Å². The van der Waals surface area contributed by atoms with Gasteiger partial charge in [0.2, 0.25) is 0 Å². The average molecular weight is 580 g/mol. The van der Waals surface area contributed by atoms with Gasteiger partial charge in [-0.25, -0.2) is 9.18 Å². The smallest absolute Gasteiger partial charge is 0.328 e. The van der Waals surface area contributed by atoms with E-state index < -0.39 is 57.2 Å². The zero-order chi connectivity index (χ0) is 29.5. The summed E-state index contributed by atoms with van der Waals surface area (Å²) in [7, 11) is -9.86. The molecule has 0 saturated carbocycles. The lowest BCUT2D eigenvalue weighted by Crippen LogP contribution is -2.50. The highest BCUT2D eigenvalue weighted by Gasteiger charge is 2.65. The number of amides is 1. The van der Waals surface area contributed by atoms with E-state index in [0.29, 0.717) is 5.39 Å². The molecule has 0 bridgehead atoms. The van der Waals surface area contributed by atoms with E-state index in [1.165, 1.54) is 25.1 Å². The predicted molar refractivity (Wildman–Crippen MR) is 135 cm³/mol. The second-order valence-corrected chi connectivity index (χ2v) is 12.3. The van der Waals surface area contributed by atoms with Crippen molar-refractivity contribution in [2.24, 2.45) is 0 Å². The molecule has 3 rings (SSSR count). The van der Waals surface area contributed by atoms with Crippen LogP contribution in [-0.4, -0.2) is 34.7 Å². The van der Waals surface area contributed by atoms with Crippen LogP contribution in [0.2, 0.25) is 0 Å². The largest absolute Gasteiger partial charge is 0.487 e. The fourth-order valence-corrected chi connectivity index (χ4v) is 4.48. The van der Waals surface area contributed by atoms with E-state index in [1.54, 1.807) is 20.8 Å². The number of carbonyl (C=O) groups is 2. The molecule has 214 valence electrons. The number of hydrogen-bond acceptors (Lipinski definition) is 4. The van der Waals surface area contributed by atoms with Gasteiger partial charge in [-0.2, -0.15) is 0 Å². The number of hydrogen-bond donors (Lipinski definition) is 2. The molecule has 0 aliphatic rings. The van der Waals surface area contributed by atoms with Crippen LogP contribution in [0.15, 0.2) is 59.5 Å². The summed E-state index contributed by atoms with van der Waals surface area (Å²) in [4.78, 5) is 23.0. The maximum absolute atomic E-state index is 13.8. The zero-order valence-corrected chi connectivity index (χ0v) is 22.1. The fourth-order valence-electron chi connectivity index (χ4n) is 3.83. The van der Waals surface area contributed by atoms with Crippen LogP contribution in [-0.2, 0) is 16.1 Å². The Kier molecular flexibility index (Phi) is 7.43. The third-order valence-electron chi connectivity index (χ3n) is 5.49. The SMILES string of the molecule is CC(OC(C)(C)C)C(NC(=O)c1ccc2cc(F)ccc2c1OCc1ccc(S(F)(F)(F)(F)F)cc1)C(=O)O. The molecule has 0 heterocycles. The molecule has 39 heavy (non-hydrogen) atoms. The highest BCUT2D eigenvalue weighted by Crippen LogP contribution is 3.02. The Morgan fingerprint density at radius 1 is 0.974 bits per heavy atom. The number of nitrogens with one attached hydrogen (secondary N) is 1. The highest BCUT2D eigenvalue weighted by atomic mass is 32.5. The number of carboxylic acids is 1. The molecule has 3 aromatic carbocycles. The van der Waals surface area contributed by atoms with Crippen LogP contribution >= 0.6 is 10.2 Å². The Labute approximate surface area is 220 Å². The lowest BCUT2D eigenvalue weighted by atomic mass is 10.0. The van der Waals surface area contributed by atoms with Gasteiger partial charge in [0.1, 0.15) is 23.1 Å². The summed E-state index contributed by atoms with van der Waals surface area (Å²) in [5.41, 5.74) is -0.791. The van der Waals surface area contributed by atoms with Crippen LogP contribution < -0.4 is 10.1 Å². The normalized spacial score (nSPS) is 15.6. The summed E-state index contributed by atoms with van der Waals surface area (Å²) >= 11 is 0. The van der Waals surface area contributed by atoms with Gasteiger partial charge in [0.05, 0.1) is 17.3 Å². The van der Waals surface area contributed by atoms with Crippen molar-refractivity contribution in [2.75, 3.05) is 0 Å². The summed E-state index contributed by atoms with van der Waals surface area (Å²) in [5.74, 6) is -2.94. The van der Waals surface area contributed by atoms with E-state index in [4.69, 9.17) is 9.47 Å². The Balaban J connectivity index is 1.95. The summed E-state index contributed by atoms with van der Waals surface area (Å²) in [6, 6.07) is 6.88. The number of halogens is 6. The number of aliphatic carboxylic acids is 1. The molecule has 2 unspecified atom stereocenters. The molecule has 0 saturated heterocycles. The molecule has 2 atom stereocenters. The first kappa shape index (κ1) is 30.1. The second kappa shape index (κ2) is 9.63. The monoisotopic (exact) mass is 579 g/mol. The Morgan fingerprint density at radius 2 is 1.59 bits per heavy atom. The first-order valence-corrected chi connectivity index (χ1v) is 13.5. The first-order chi connectivity index (χ1) is 17.6. The molecule has 6 nitrogen and oxygen atoms in total. The van der Waals surface area contributed by atoms with E-state index in [0.717, 1.165) is 24.3 Å². The van der Waals surface area contributed by atoms with E-state index in [2.05, 4.69) is 5.32 Å². The van der Waals surface area contributed by atoms with Crippen molar-refractivity contribution in [1.29, 1.82) is 0 Å². The van der Waals surface area contributed by atoms with Crippen LogP contribution in [0.5, 0.6) is 5.75 Å². The molecular weight excluding hydrogens is 552 g/mol. The van der Waals surface area contributed by atoms with Crippen molar-refractivity contribution in [3.63, 3.8) is 0 Å². The number of fused-ring (bicyclic) bond motifs is 1. The third-order valence-corrected chi connectivity index (χ3v) is 6.65. The summed E-state index contributed by atoms with van der Waals surface area (Å²) < 4.78 is 90.4. The molecule has 0 spiro atoms. The van der Waals surface area contributed by atoms with Gasteiger partial charge in [-0.15, -0.1) is 0 Å². The van der Waals surface area contributed by atoms with Gasteiger partial charge in [0.15, 0.2) is 6.04 Å². The molecule has 1 amide bonds. The predicted octanol–water partition coefficient (Wildman–Crippen LogP) is 7.60. The maximum Gasteiger partial charge on any atom is 0.328 e. The topological polar surface area (TPSA) is 84.9 Å². The minimum Gasteiger partial charge on any atom is -0.487 e. The fraction of sp³-hybridized carbons (Fsp3) is 0.308. The summed E-state index contributed by atoms with van der Waals surface area (Å²) in [6.07, 6.45) is -0.946. The average Bonchev–Trinajstić information content (AvgIpc) is 2.77. The van der Waals surface area contributed by atoms with Gasteiger partial charge in [0, 0.05) is 5.39 Å². The lowest BCUT2D eigenvalue weighted by Gasteiger charge is -2.40. The third kappa shape index (κ3) is 7.79. The lowest BCUT2D eigenvalue weighted by molar-refractivity contribution is -0.146. The summed E-state index contributed by atoms with van der Waals surface area (Å²) in [5, 5.41) is 12.6. The number of carbonyl (C=O) groups excluding carboxylic acids is 1. The van der Waals surface area contributed by atoms with Crippen LogP contribution in [0.1, 0.15) is 43.6 Å². The van der Waals surface area contributed by atoms with Gasteiger partial charge < -0.3 is 19.9 Å². The van der Waals surface area contributed by atoms with Crippen molar-refractivity contribution in [3.8, 4) is 5.75 Å². The molecule has 3 aromatic rings. The van der Waals surface area contributed by atoms with Gasteiger partial charge in [-0.3, -0.25) is 4.79 Å². The van der Waals surface area contributed by atoms with Gasteiger partial charge in [-0.05, 0) is 75.0 Å². The Hall–Kier alpha value is -3.45. The maximum atomic E-state index is 13.8. The van der Waals surface area contributed by atoms with E-state index in [9.17, 15) is 38.5 Å². The number of carboxylic acid groups (broad SMARTS) is 1. The standard InChI is InChI=1S/C26H27F6NO5S/c1-15(38-26(2,3)4)22(25(35)36)33-24(34)21-11-7-17-13-18(27)8-12-20(17)23(21)37-14-16-5-9-19(10-6-16)39(28,29,30,31)32/h5-13,15,22H,14H2,1-4H3,(H,33,34)(H,35,36). The van der Waals surface area contributed by atoms with Crippen LogP contribution in [0, 0.1) is 5.82 Å². The van der Waals surface area contributed by atoms with Crippen molar-refractivity contribution < 1.29 is 48.0 Å². The minimum atomic E-state index is -9.86. The number of benzene rings is 3. The Morgan fingerprint density at radius 3 is 2.13 bits per heavy atom. The Bertz CT molecular complexity index is 1410. The van der Waals surface area contributed by atoms with Crippen molar-refractivity contribution >= 4 is 32.9 Å². The quantitative estimate of drug-likeness (QED) is 0.255. The molecule has 2 N–H and O–H groups in total. The van der Waals surface area contributed by atoms with Crippen LogP contribution in [0.4, 0.5) is 23.8 Å². The first-order valence-electron chi connectivity index (χ1n) is 11.5. The highest BCUT2D eigenvalue weighted by molar-refractivity contribution is 8.45. The second-order valence-electron chi connectivity index (χ2n) is 9.93. The van der Waals surface area contributed by atoms with E-state index in [-0.39, 0.29) is 34.4 Å². The van der Waals surface area contributed by atoms with Crippen molar-refractivity contribution in [1.82, 2.24) is 5.32 Å². The van der Waals surface area contributed by atoms with Gasteiger partial charge >= 0.3 is 16.2 Å². The van der Waals surface area contributed by atoms with Crippen molar-refractivity contribution in [2.45, 2.75) is 56.9 Å². The van der Waals surface area contributed by atoms with E-state index in [1.807, 2.05) is 0 Å². The summed E-state index contributed by atoms with van der Waals surface area (Å²) in [6.45, 7) is 6.16. The molecule has 13 heteroatoms. The molecule has 0 radical (unpaired) electrons. The van der Waals surface area contributed by atoms with Crippen LogP contribution in [0.3, 0.4) is 0 Å². The van der Waals surface area contributed by atoms with E-state index >= 15 is 0 Å². The molecule has 0 aromatic heterocycles. The molecule has 0 aliphatic heterocycles. The zero-order valence-electron chi connectivity index (χ0n) is 21.3. The van der Waals surface area contributed by atoms with Crippen LogP contribution in [0.25, 0.3) is 10.8 Å². The van der Waals surface area contributed by atoms with Gasteiger partial charge in [-0.1, -0.05) is 37.6 Å². The van der Waals surface area contributed by atoms with Gasteiger partial charge in [0.25, 0.3) is 5.91 Å². The number of rotatable bonds is 9.